The number of amides is 2. The van der Waals surface area contributed by atoms with Gasteiger partial charge in [-0.1, -0.05) is 75.3 Å². The van der Waals surface area contributed by atoms with Crippen molar-refractivity contribution in [2.24, 2.45) is 5.16 Å². The number of nitrogens with zero attached hydrogens (tertiary/aromatic N) is 2. The van der Waals surface area contributed by atoms with E-state index in [1.165, 1.54) is 0 Å². The van der Waals surface area contributed by atoms with Crippen LogP contribution in [0.2, 0.25) is 25.1 Å². The number of oxime groups is 1. The second-order valence-corrected chi connectivity index (χ2v) is 8.50. The highest BCUT2D eigenvalue weighted by Crippen LogP contribution is 2.26. The minimum absolute atomic E-state index is 0.0159. The quantitative estimate of drug-likeness (QED) is 0.176. The molecule has 0 heterocycles. The van der Waals surface area contributed by atoms with Crippen molar-refractivity contribution in [2.45, 2.75) is 13.2 Å². The zero-order valence-corrected chi connectivity index (χ0v) is 20.6. The van der Waals surface area contributed by atoms with Crippen molar-refractivity contribution in [2.75, 3.05) is 5.32 Å². The van der Waals surface area contributed by atoms with Crippen molar-refractivity contribution in [3.8, 4) is 0 Å². The van der Waals surface area contributed by atoms with Gasteiger partial charge in [-0.05, 0) is 48.5 Å². The third kappa shape index (κ3) is 7.40. The van der Waals surface area contributed by atoms with Crippen LogP contribution in [0.5, 0.6) is 0 Å². The van der Waals surface area contributed by atoms with Crippen molar-refractivity contribution in [1.29, 1.82) is 0 Å². The first kappa shape index (κ1) is 25.4. The lowest BCUT2D eigenvalue weighted by molar-refractivity contribution is -0.0676. The summed E-state index contributed by atoms with van der Waals surface area (Å²) < 4.78 is 0. The number of halogens is 5. The topological polar surface area (TPSA) is 63.2 Å². The minimum atomic E-state index is -0.649. The summed E-state index contributed by atoms with van der Waals surface area (Å²) in [6.07, 6.45) is 1.06. The van der Waals surface area contributed by atoms with Gasteiger partial charge in [-0.2, -0.15) is 5.06 Å². The molecule has 0 aromatic heterocycles. The predicted octanol–water partition coefficient (Wildman–Crippen LogP) is 8.08. The highest BCUT2D eigenvalue weighted by molar-refractivity contribution is 6.36. The summed E-state index contributed by atoms with van der Waals surface area (Å²) in [5, 5.41) is 9.48. The van der Waals surface area contributed by atoms with Crippen molar-refractivity contribution >= 4 is 76.1 Å². The van der Waals surface area contributed by atoms with Crippen LogP contribution >= 0.6 is 58.0 Å². The third-order valence-electron chi connectivity index (χ3n) is 4.20. The molecule has 3 aromatic carbocycles. The number of nitrogens with one attached hydrogen (secondary N) is 1. The lowest BCUT2D eigenvalue weighted by Gasteiger charge is -2.18. The zero-order valence-electron chi connectivity index (χ0n) is 16.8. The Labute approximate surface area is 215 Å². The molecule has 0 saturated carbocycles. The van der Waals surface area contributed by atoms with E-state index in [1.54, 1.807) is 60.7 Å². The predicted molar refractivity (Wildman–Crippen MR) is 133 cm³/mol. The van der Waals surface area contributed by atoms with Crippen LogP contribution in [-0.2, 0) is 22.9 Å². The molecular weight excluding hydrogens is 532 g/mol. The van der Waals surface area contributed by atoms with Crippen LogP contribution in [0.4, 0.5) is 10.5 Å². The summed E-state index contributed by atoms with van der Waals surface area (Å²) in [7, 11) is 0. The summed E-state index contributed by atoms with van der Waals surface area (Å²) in [5.74, 6) is 0. The van der Waals surface area contributed by atoms with Gasteiger partial charge in [-0.15, -0.1) is 0 Å². The summed E-state index contributed by atoms with van der Waals surface area (Å²) in [5.41, 5.74) is 1.55. The average molecular weight is 548 g/mol. The largest absolute Gasteiger partial charge is 0.390 e. The van der Waals surface area contributed by atoms with Gasteiger partial charge < -0.3 is 10.2 Å². The summed E-state index contributed by atoms with van der Waals surface area (Å²) in [6, 6.07) is 16.0. The van der Waals surface area contributed by atoms with Crippen LogP contribution in [0, 0.1) is 0 Å². The van der Waals surface area contributed by atoms with Crippen LogP contribution < -0.4 is 5.32 Å². The second kappa shape index (κ2) is 12.3. The van der Waals surface area contributed by atoms with E-state index >= 15 is 0 Å². The zero-order chi connectivity index (χ0) is 23.8. The highest BCUT2D eigenvalue weighted by atomic mass is 35.5. The Morgan fingerprint density at radius 3 is 1.88 bits per heavy atom. The maximum Gasteiger partial charge on any atom is 0.351 e. The van der Waals surface area contributed by atoms with Crippen LogP contribution in [0.1, 0.15) is 11.1 Å². The molecule has 0 radical (unpaired) electrons. The van der Waals surface area contributed by atoms with Gasteiger partial charge in [0, 0.05) is 41.9 Å². The van der Waals surface area contributed by atoms with Crippen LogP contribution in [0.15, 0.2) is 65.8 Å². The molecule has 0 fully saturated rings. The van der Waals surface area contributed by atoms with Gasteiger partial charge in [-0.25, -0.2) is 4.79 Å². The maximum absolute atomic E-state index is 12.8. The Balaban J connectivity index is 1.71. The summed E-state index contributed by atoms with van der Waals surface area (Å²) in [6.45, 7) is -0.118. The van der Waals surface area contributed by atoms with E-state index < -0.39 is 6.03 Å². The van der Waals surface area contributed by atoms with Crippen LogP contribution in [0.3, 0.4) is 0 Å². The molecule has 0 atom stereocenters. The second-order valence-electron chi connectivity index (χ2n) is 6.43. The summed E-state index contributed by atoms with van der Waals surface area (Å²) >= 11 is 30.5. The number of hydrogen-bond acceptors (Lipinski definition) is 4. The van der Waals surface area contributed by atoms with Gasteiger partial charge in [0.15, 0.2) is 6.34 Å². The Kier molecular flexibility index (Phi) is 9.50. The highest BCUT2D eigenvalue weighted by Gasteiger charge is 2.16. The van der Waals surface area contributed by atoms with Crippen LogP contribution in [-0.4, -0.2) is 17.4 Å². The Hall–Kier alpha value is -2.19. The van der Waals surface area contributed by atoms with Gasteiger partial charge >= 0.3 is 6.03 Å². The molecule has 0 saturated heterocycles. The van der Waals surface area contributed by atoms with Crippen LogP contribution in [0.25, 0.3) is 0 Å². The smallest absolute Gasteiger partial charge is 0.351 e. The number of benzene rings is 3. The maximum atomic E-state index is 12.8. The molecule has 2 amide bonds. The molecule has 33 heavy (non-hydrogen) atoms. The lowest BCUT2D eigenvalue weighted by atomic mass is 10.2. The third-order valence-corrected chi connectivity index (χ3v) is 5.87. The van der Waals surface area contributed by atoms with Gasteiger partial charge in [0.2, 0.25) is 0 Å². The van der Waals surface area contributed by atoms with E-state index in [2.05, 4.69) is 10.5 Å². The van der Waals surface area contributed by atoms with Gasteiger partial charge in [0.05, 0.1) is 0 Å². The molecule has 0 aliphatic rings. The van der Waals surface area contributed by atoms with E-state index in [0.29, 0.717) is 41.9 Å². The molecule has 3 aromatic rings. The molecule has 0 spiro atoms. The number of anilines is 1. The number of carbonyl (C=O) groups is 1. The van der Waals surface area contributed by atoms with Crippen molar-refractivity contribution < 1.29 is 14.5 Å². The Morgan fingerprint density at radius 2 is 1.33 bits per heavy atom. The molecule has 1 N–H and O–H groups in total. The fraction of sp³-hybridized carbons (Fsp3) is 0.0909. The molecule has 3 rings (SSSR count). The number of rotatable bonds is 8. The molecule has 6 nitrogen and oxygen atoms in total. The first-order chi connectivity index (χ1) is 15.8. The first-order valence-electron chi connectivity index (χ1n) is 9.35. The molecule has 0 aliphatic carbocycles. The molecule has 172 valence electrons. The molecule has 0 bridgehead atoms. The van der Waals surface area contributed by atoms with Crippen molar-refractivity contribution in [3.63, 3.8) is 0 Å². The van der Waals surface area contributed by atoms with E-state index in [1.807, 2.05) is 0 Å². The van der Waals surface area contributed by atoms with E-state index in [4.69, 9.17) is 67.7 Å². The molecule has 0 unspecified atom stereocenters. The standard InChI is InChI=1S/C22H16Cl5N3O3/c23-14-7-9-15(10-8-14)29-22(31)30(33-12-17-20(26)5-2-6-21(17)27)13-28-32-11-16-18(24)3-1-4-19(16)25/h1-10,13H,11-12H2,(H,29,31). The lowest BCUT2D eigenvalue weighted by Crippen LogP contribution is -2.34. The van der Waals surface area contributed by atoms with Crippen molar-refractivity contribution in [3.05, 3.63) is 96.9 Å². The summed E-state index contributed by atoms with van der Waals surface area (Å²) in [4.78, 5) is 23.6. The fourth-order valence-electron chi connectivity index (χ4n) is 2.51. The minimum Gasteiger partial charge on any atom is -0.390 e. The number of carbonyl (C=O) groups excluding carboxylic acids is 1. The molecule has 11 heteroatoms. The van der Waals surface area contributed by atoms with Crippen molar-refractivity contribution in [1.82, 2.24) is 5.06 Å². The van der Waals surface area contributed by atoms with Gasteiger partial charge in [-0.3, -0.25) is 4.84 Å². The monoisotopic (exact) mass is 545 g/mol. The van der Waals surface area contributed by atoms with Gasteiger partial charge in [0.25, 0.3) is 0 Å². The van der Waals surface area contributed by atoms with E-state index in [0.717, 1.165) is 11.4 Å². The van der Waals surface area contributed by atoms with E-state index in [-0.39, 0.29) is 13.2 Å². The number of hydroxylamine groups is 2. The fourth-order valence-corrected chi connectivity index (χ4v) is 3.65. The Morgan fingerprint density at radius 1 is 0.818 bits per heavy atom. The average Bonchev–Trinajstić information content (AvgIpc) is 2.78. The first-order valence-corrected chi connectivity index (χ1v) is 11.2. The van der Waals surface area contributed by atoms with Gasteiger partial charge in [0.1, 0.15) is 13.2 Å². The normalized spacial score (nSPS) is 10.9. The Bertz CT molecular complexity index is 1100. The molecule has 0 aliphatic heterocycles. The number of urea groups is 1. The SMILES string of the molecule is O=C(Nc1ccc(Cl)cc1)N(C=NOCc1c(Cl)cccc1Cl)OCc1c(Cl)cccc1Cl. The number of hydrogen-bond donors (Lipinski definition) is 1. The van der Waals surface area contributed by atoms with E-state index in [9.17, 15) is 4.79 Å². The molecular formula is C22H16Cl5N3O3.